The normalized spacial score (nSPS) is 14.4. The number of nitrogens with zero attached hydrogens (tertiary/aromatic N) is 5. The molecule has 6 rings (SSSR count). The topological polar surface area (TPSA) is 102 Å². The Kier molecular flexibility index (Phi) is 8.80. The summed E-state index contributed by atoms with van der Waals surface area (Å²) in [6.45, 7) is 0.0761. The number of aromatic nitrogens is 3. The maximum Gasteiger partial charge on any atom is 0.253 e. The van der Waals surface area contributed by atoms with Crippen LogP contribution in [-0.2, 0) is 11.3 Å². The molecule has 1 N–H and O–H groups in total. The fourth-order valence-corrected chi connectivity index (χ4v) is 6.36. The maximum atomic E-state index is 13.8. The largest absolute Gasteiger partial charge is 0.497 e. The second kappa shape index (κ2) is 13.2. The predicted octanol–water partition coefficient (Wildman–Crippen LogP) is 5.88. The number of carbonyl (C=O) groups excluding carboxylic acids is 2. The minimum absolute atomic E-state index is 0.0313. The number of amides is 2. The second-order valence-corrected chi connectivity index (χ2v) is 11.7. The van der Waals surface area contributed by atoms with Crippen molar-refractivity contribution < 1.29 is 18.7 Å². The Bertz CT molecular complexity index is 1780. The molecule has 0 spiro atoms. The summed E-state index contributed by atoms with van der Waals surface area (Å²) < 4.78 is 20.8. The molecule has 3 aromatic carbocycles. The van der Waals surface area contributed by atoms with Gasteiger partial charge in [-0.05, 0) is 65.5 Å². The van der Waals surface area contributed by atoms with Crippen LogP contribution in [0.5, 0.6) is 5.75 Å². The average Bonchev–Trinajstić information content (AvgIpc) is 3.84. The number of thioether (sulfide) groups is 1. The zero-order chi connectivity index (χ0) is 30.5. The van der Waals surface area contributed by atoms with Crippen LogP contribution in [0.25, 0.3) is 5.69 Å². The Morgan fingerprint density at radius 1 is 1.00 bits per heavy atom. The summed E-state index contributed by atoms with van der Waals surface area (Å²) >= 11 is 2.78. The van der Waals surface area contributed by atoms with Crippen LogP contribution in [0.3, 0.4) is 0 Å². The van der Waals surface area contributed by atoms with Crippen LogP contribution < -0.4 is 10.1 Å². The number of halogens is 1. The summed E-state index contributed by atoms with van der Waals surface area (Å²) in [5.41, 5.74) is 2.92. The van der Waals surface area contributed by atoms with E-state index in [0.29, 0.717) is 28.7 Å². The highest BCUT2D eigenvalue weighted by molar-refractivity contribution is 7.99. The lowest BCUT2D eigenvalue weighted by Gasteiger charge is -2.22. The summed E-state index contributed by atoms with van der Waals surface area (Å²) in [6, 6.07) is 26.1. The van der Waals surface area contributed by atoms with Crippen molar-refractivity contribution >= 4 is 40.6 Å². The third-order valence-electron chi connectivity index (χ3n) is 7.03. The van der Waals surface area contributed by atoms with Crippen LogP contribution in [0.2, 0.25) is 0 Å². The van der Waals surface area contributed by atoms with Gasteiger partial charge < -0.3 is 10.1 Å². The molecule has 0 saturated heterocycles. The molecule has 0 fully saturated rings. The summed E-state index contributed by atoms with van der Waals surface area (Å²) in [5.74, 6) is 0.352. The first-order chi connectivity index (χ1) is 21.5. The van der Waals surface area contributed by atoms with E-state index < -0.39 is 0 Å². The van der Waals surface area contributed by atoms with Gasteiger partial charge in [-0.2, -0.15) is 5.10 Å². The molecule has 2 aromatic heterocycles. The van der Waals surface area contributed by atoms with Gasteiger partial charge in [0.1, 0.15) is 11.6 Å². The van der Waals surface area contributed by atoms with Crippen molar-refractivity contribution in [1.82, 2.24) is 25.1 Å². The van der Waals surface area contributed by atoms with Gasteiger partial charge in [-0.3, -0.25) is 14.2 Å². The maximum absolute atomic E-state index is 13.8. The summed E-state index contributed by atoms with van der Waals surface area (Å²) in [5, 5.41) is 20.2. The summed E-state index contributed by atoms with van der Waals surface area (Å²) in [7, 11) is 1.61. The molecule has 0 bridgehead atoms. The first-order valence-electron chi connectivity index (χ1n) is 13.7. The van der Waals surface area contributed by atoms with Gasteiger partial charge >= 0.3 is 0 Å². The van der Waals surface area contributed by atoms with Crippen molar-refractivity contribution in [2.45, 2.75) is 24.2 Å². The third kappa shape index (κ3) is 6.41. The smallest absolute Gasteiger partial charge is 0.253 e. The third-order valence-corrected chi connectivity index (χ3v) is 8.86. The van der Waals surface area contributed by atoms with E-state index in [4.69, 9.17) is 9.84 Å². The molecular weight excluding hydrogens is 600 g/mol. The number of methoxy groups -OCH3 is 1. The second-order valence-electron chi connectivity index (χ2n) is 9.80. The van der Waals surface area contributed by atoms with Crippen molar-refractivity contribution in [2.24, 2.45) is 5.10 Å². The number of carbonyl (C=O) groups is 2. The molecule has 9 nitrogen and oxygen atoms in total. The fraction of sp³-hybridized carbons (Fsp3) is 0.156. The van der Waals surface area contributed by atoms with Crippen LogP contribution in [0.15, 0.2) is 107 Å². The minimum atomic E-state index is -0.386. The average molecular weight is 627 g/mol. The zero-order valence-corrected chi connectivity index (χ0v) is 25.2. The summed E-state index contributed by atoms with van der Waals surface area (Å²) in [6.07, 6.45) is 0.584. The quantitative estimate of drug-likeness (QED) is 0.195. The molecule has 2 amide bonds. The van der Waals surface area contributed by atoms with Gasteiger partial charge in [0, 0.05) is 17.7 Å². The Balaban J connectivity index is 1.23. The van der Waals surface area contributed by atoms with Crippen molar-refractivity contribution in [2.75, 3.05) is 12.9 Å². The zero-order valence-electron chi connectivity index (χ0n) is 23.6. The van der Waals surface area contributed by atoms with Gasteiger partial charge in [0.15, 0.2) is 11.0 Å². The van der Waals surface area contributed by atoms with E-state index in [1.54, 1.807) is 64.4 Å². The monoisotopic (exact) mass is 626 g/mol. The van der Waals surface area contributed by atoms with Crippen LogP contribution >= 0.6 is 23.1 Å². The molecule has 0 unspecified atom stereocenters. The van der Waals surface area contributed by atoms with Gasteiger partial charge in [-0.25, -0.2) is 9.40 Å². The van der Waals surface area contributed by atoms with E-state index in [1.807, 2.05) is 47.8 Å². The molecule has 1 aliphatic heterocycles. The highest BCUT2D eigenvalue weighted by atomic mass is 32.2. The van der Waals surface area contributed by atoms with Gasteiger partial charge in [-0.1, -0.05) is 48.2 Å². The highest BCUT2D eigenvalue weighted by Gasteiger charge is 2.33. The van der Waals surface area contributed by atoms with Crippen molar-refractivity contribution in [3.8, 4) is 11.4 Å². The number of benzene rings is 3. The molecule has 1 aliphatic rings. The lowest BCUT2D eigenvalue weighted by molar-refractivity contribution is -0.130. The van der Waals surface area contributed by atoms with Crippen LogP contribution in [0.1, 0.15) is 39.1 Å². The first-order valence-corrected chi connectivity index (χ1v) is 15.6. The van der Waals surface area contributed by atoms with Gasteiger partial charge in [0.05, 0.1) is 36.0 Å². The highest BCUT2D eigenvalue weighted by Crippen LogP contribution is 2.35. The van der Waals surface area contributed by atoms with Gasteiger partial charge in [0.2, 0.25) is 0 Å². The molecule has 5 aromatic rings. The first kappa shape index (κ1) is 29.3. The number of rotatable bonds is 10. The number of ether oxygens (including phenoxy) is 1. The molecular formula is C32H27FN6O3S2. The number of thiophene rings is 1. The van der Waals surface area contributed by atoms with E-state index >= 15 is 0 Å². The van der Waals surface area contributed by atoms with Crippen LogP contribution in [0.4, 0.5) is 4.39 Å². The molecule has 3 heterocycles. The van der Waals surface area contributed by atoms with Gasteiger partial charge in [-0.15, -0.1) is 21.5 Å². The molecule has 1 atom stereocenters. The lowest BCUT2D eigenvalue weighted by Crippen LogP contribution is -2.28. The number of hydrogen-bond acceptors (Lipinski definition) is 8. The van der Waals surface area contributed by atoms with E-state index in [9.17, 15) is 14.0 Å². The number of hydrazone groups is 1. The van der Waals surface area contributed by atoms with Crippen LogP contribution in [-0.4, -0.2) is 50.2 Å². The summed E-state index contributed by atoms with van der Waals surface area (Å²) in [4.78, 5) is 27.4. The van der Waals surface area contributed by atoms with Gasteiger partial charge in [0.25, 0.3) is 11.8 Å². The Hall–Kier alpha value is -4.81. The lowest BCUT2D eigenvalue weighted by atomic mass is 10.0. The predicted molar refractivity (Wildman–Crippen MR) is 168 cm³/mol. The van der Waals surface area contributed by atoms with E-state index in [-0.39, 0.29) is 36.0 Å². The van der Waals surface area contributed by atoms with E-state index in [2.05, 4.69) is 15.5 Å². The van der Waals surface area contributed by atoms with E-state index in [1.165, 1.54) is 23.9 Å². The molecule has 12 heteroatoms. The number of nitrogens with one attached hydrogen (secondary N) is 1. The van der Waals surface area contributed by atoms with Crippen molar-refractivity contribution in [1.29, 1.82) is 0 Å². The molecule has 0 saturated carbocycles. The Morgan fingerprint density at radius 2 is 1.77 bits per heavy atom. The molecule has 222 valence electrons. The van der Waals surface area contributed by atoms with Crippen molar-refractivity contribution in [3.63, 3.8) is 0 Å². The molecule has 0 radical (unpaired) electrons. The molecule has 44 heavy (non-hydrogen) atoms. The Labute approximate surface area is 261 Å². The van der Waals surface area contributed by atoms with E-state index in [0.717, 1.165) is 21.9 Å². The number of hydrogen-bond donors (Lipinski definition) is 1. The standard InChI is InChI=1S/C32H27FN6O3S2/c1-42-25-15-9-21(10-16-25)27-18-26(28-8-5-17-43-28)37-39(27)30(40)20-44-32-36-35-29(38(32)24-13-11-23(33)12-14-24)19-34-31(41)22-6-3-2-4-7-22/h2-17,27H,18-20H2,1H3,(H,34,41)/t27-/m0/s1. The molecule has 0 aliphatic carbocycles. The SMILES string of the molecule is COc1ccc([C@@H]2CC(c3cccs3)=NN2C(=O)CSc2nnc(CNC(=O)c3ccccc3)n2-c2ccc(F)cc2)cc1. The minimum Gasteiger partial charge on any atom is -0.497 e. The van der Waals surface area contributed by atoms with Crippen LogP contribution in [0, 0.1) is 5.82 Å². The van der Waals surface area contributed by atoms with Crippen molar-refractivity contribution in [3.05, 3.63) is 124 Å². The Morgan fingerprint density at radius 3 is 2.48 bits per heavy atom. The fourth-order valence-electron chi connectivity index (χ4n) is 4.82.